The summed E-state index contributed by atoms with van der Waals surface area (Å²) >= 11 is 6.21. The second-order valence-corrected chi connectivity index (χ2v) is 8.19. The molecule has 4 aromatic rings. The molecule has 5 nitrogen and oxygen atoms in total. The number of ether oxygens (including phenoxy) is 1. The van der Waals surface area contributed by atoms with Crippen molar-refractivity contribution in [2.75, 3.05) is 18.6 Å². The molecule has 0 spiro atoms. The number of methoxy groups -OCH3 is 1. The van der Waals surface area contributed by atoms with Gasteiger partial charge in [0.15, 0.2) is 0 Å². The summed E-state index contributed by atoms with van der Waals surface area (Å²) in [4.78, 5) is 19.7. The van der Waals surface area contributed by atoms with E-state index in [0.29, 0.717) is 36.0 Å². The lowest BCUT2D eigenvalue weighted by molar-refractivity contribution is -0.117. The van der Waals surface area contributed by atoms with E-state index in [0.717, 1.165) is 16.9 Å². The van der Waals surface area contributed by atoms with Crippen LogP contribution in [0.3, 0.4) is 0 Å². The molecule has 6 heteroatoms. The summed E-state index contributed by atoms with van der Waals surface area (Å²) < 4.78 is 7.72. The maximum Gasteiger partial charge on any atom is 0.227 e. The second-order valence-electron chi connectivity index (χ2n) is 7.75. The first-order valence-corrected chi connectivity index (χ1v) is 10.6. The number of hydrogen-bond donors (Lipinski definition) is 0. The molecule has 3 aromatic carbocycles. The summed E-state index contributed by atoms with van der Waals surface area (Å²) in [5.74, 6) is 1.59. The average Bonchev–Trinajstić information content (AvgIpc) is 3.35. The number of imidazole rings is 1. The van der Waals surface area contributed by atoms with Crippen LogP contribution in [-0.2, 0) is 11.3 Å². The van der Waals surface area contributed by atoms with Crippen molar-refractivity contribution in [2.24, 2.45) is 0 Å². The van der Waals surface area contributed by atoms with E-state index in [1.807, 2.05) is 36.4 Å². The third-order valence-corrected chi connectivity index (χ3v) is 6.02. The van der Waals surface area contributed by atoms with Gasteiger partial charge in [-0.2, -0.15) is 0 Å². The maximum atomic E-state index is 13.0. The van der Waals surface area contributed by atoms with Crippen LogP contribution in [0.4, 0.5) is 5.69 Å². The van der Waals surface area contributed by atoms with Crippen LogP contribution in [-0.4, -0.2) is 29.1 Å². The first-order chi connectivity index (χ1) is 15.1. The van der Waals surface area contributed by atoms with Gasteiger partial charge in [0, 0.05) is 30.5 Å². The van der Waals surface area contributed by atoms with Crippen LogP contribution in [0, 0.1) is 0 Å². The lowest BCUT2D eigenvalue weighted by atomic mass is 10.1. The van der Waals surface area contributed by atoms with Crippen molar-refractivity contribution in [1.82, 2.24) is 9.55 Å². The standard InChI is InChI=1S/C25H22ClN3O2/c1-31-23-12-11-19(26)14-22(23)28-16-18(13-24(28)30)25-27-20-9-5-6-10-21(20)29(25)15-17-7-3-2-4-8-17/h2-12,14,18H,13,15-16H2,1H3. The Kier molecular flexibility index (Phi) is 5.12. The smallest absolute Gasteiger partial charge is 0.227 e. The molecule has 0 bridgehead atoms. The van der Waals surface area contributed by atoms with Crippen molar-refractivity contribution in [2.45, 2.75) is 18.9 Å². The van der Waals surface area contributed by atoms with Crippen molar-refractivity contribution in [3.05, 3.63) is 89.2 Å². The second kappa shape index (κ2) is 8.08. The molecule has 0 aliphatic carbocycles. The number of carbonyl (C=O) groups is 1. The van der Waals surface area contributed by atoms with Crippen LogP contribution >= 0.6 is 11.6 Å². The number of carbonyl (C=O) groups excluding carboxylic acids is 1. The van der Waals surface area contributed by atoms with E-state index in [2.05, 4.69) is 22.8 Å². The highest BCUT2D eigenvalue weighted by molar-refractivity contribution is 6.31. The van der Waals surface area contributed by atoms with Crippen LogP contribution in [0.15, 0.2) is 72.8 Å². The molecular formula is C25H22ClN3O2. The van der Waals surface area contributed by atoms with Crippen molar-refractivity contribution < 1.29 is 9.53 Å². The van der Waals surface area contributed by atoms with E-state index in [-0.39, 0.29) is 11.8 Å². The molecule has 1 amide bonds. The largest absolute Gasteiger partial charge is 0.495 e. The van der Waals surface area contributed by atoms with Gasteiger partial charge < -0.3 is 14.2 Å². The fraction of sp³-hybridized carbons (Fsp3) is 0.200. The summed E-state index contributed by atoms with van der Waals surface area (Å²) in [6.07, 6.45) is 0.397. The molecular weight excluding hydrogens is 410 g/mol. The molecule has 156 valence electrons. The lowest BCUT2D eigenvalue weighted by Gasteiger charge is -2.20. The van der Waals surface area contributed by atoms with E-state index in [9.17, 15) is 4.79 Å². The monoisotopic (exact) mass is 431 g/mol. The van der Waals surface area contributed by atoms with Gasteiger partial charge in [-0.3, -0.25) is 4.79 Å². The minimum atomic E-state index is -0.0210. The van der Waals surface area contributed by atoms with Crippen LogP contribution in [0.1, 0.15) is 23.7 Å². The third kappa shape index (κ3) is 3.66. The number of amides is 1. The summed E-state index contributed by atoms with van der Waals surface area (Å²) in [6.45, 7) is 1.25. The Morgan fingerprint density at radius 2 is 1.84 bits per heavy atom. The van der Waals surface area contributed by atoms with Crippen molar-refractivity contribution in [1.29, 1.82) is 0 Å². The van der Waals surface area contributed by atoms with Crippen LogP contribution in [0.2, 0.25) is 5.02 Å². The topological polar surface area (TPSA) is 47.4 Å². The van der Waals surface area contributed by atoms with Gasteiger partial charge in [-0.25, -0.2) is 4.98 Å². The Bertz CT molecular complexity index is 1250. The molecule has 1 aliphatic heterocycles. The Balaban J connectivity index is 1.54. The molecule has 5 rings (SSSR count). The van der Waals surface area contributed by atoms with Crippen LogP contribution < -0.4 is 9.64 Å². The number of para-hydroxylation sites is 2. The summed E-state index contributed by atoms with van der Waals surface area (Å²) in [5, 5.41) is 0.573. The van der Waals surface area contributed by atoms with Gasteiger partial charge in [0.2, 0.25) is 5.91 Å². The molecule has 0 radical (unpaired) electrons. The van der Waals surface area contributed by atoms with Gasteiger partial charge in [0.1, 0.15) is 11.6 Å². The highest BCUT2D eigenvalue weighted by Gasteiger charge is 2.36. The molecule has 1 atom stereocenters. The fourth-order valence-electron chi connectivity index (χ4n) is 4.33. The quantitative estimate of drug-likeness (QED) is 0.432. The first-order valence-electron chi connectivity index (χ1n) is 10.3. The van der Waals surface area contributed by atoms with Gasteiger partial charge in [-0.1, -0.05) is 54.1 Å². The average molecular weight is 432 g/mol. The zero-order valence-electron chi connectivity index (χ0n) is 17.2. The van der Waals surface area contributed by atoms with E-state index >= 15 is 0 Å². The number of rotatable bonds is 5. The van der Waals surface area contributed by atoms with E-state index in [1.165, 1.54) is 5.56 Å². The lowest BCUT2D eigenvalue weighted by Crippen LogP contribution is -2.25. The Morgan fingerprint density at radius 1 is 1.06 bits per heavy atom. The number of halogens is 1. The molecule has 0 saturated carbocycles. The molecule has 0 N–H and O–H groups in total. The molecule has 1 saturated heterocycles. The molecule has 1 fully saturated rings. The predicted octanol–water partition coefficient (Wildman–Crippen LogP) is 5.27. The Labute approximate surface area is 185 Å². The highest BCUT2D eigenvalue weighted by Crippen LogP contribution is 2.38. The molecule has 1 unspecified atom stereocenters. The maximum absolute atomic E-state index is 13.0. The van der Waals surface area contributed by atoms with E-state index < -0.39 is 0 Å². The number of benzene rings is 3. The van der Waals surface area contributed by atoms with Crippen molar-refractivity contribution >= 4 is 34.2 Å². The molecule has 1 aliphatic rings. The minimum absolute atomic E-state index is 0.0210. The normalized spacial score (nSPS) is 16.3. The zero-order valence-corrected chi connectivity index (χ0v) is 17.9. The van der Waals surface area contributed by atoms with E-state index in [1.54, 1.807) is 30.2 Å². The SMILES string of the molecule is COc1ccc(Cl)cc1N1CC(c2nc3ccccc3n2Cc2ccccc2)CC1=O. The highest BCUT2D eigenvalue weighted by atomic mass is 35.5. The van der Waals surface area contributed by atoms with Gasteiger partial charge >= 0.3 is 0 Å². The molecule has 2 heterocycles. The summed E-state index contributed by atoms with van der Waals surface area (Å²) in [7, 11) is 1.60. The minimum Gasteiger partial charge on any atom is -0.495 e. The number of anilines is 1. The number of aromatic nitrogens is 2. The number of hydrogen-bond acceptors (Lipinski definition) is 3. The van der Waals surface area contributed by atoms with Gasteiger partial charge in [-0.15, -0.1) is 0 Å². The van der Waals surface area contributed by atoms with Crippen molar-refractivity contribution in [3.8, 4) is 5.75 Å². The van der Waals surface area contributed by atoms with Crippen molar-refractivity contribution in [3.63, 3.8) is 0 Å². The zero-order chi connectivity index (χ0) is 21.4. The van der Waals surface area contributed by atoms with Gasteiger partial charge in [0.05, 0.1) is 23.8 Å². The predicted molar refractivity (Wildman–Crippen MR) is 123 cm³/mol. The van der Waals surface area contributed by atoms with Crippen LogP contribution in [0.5, 0.6) is 5.75 Å². The molecule has 1 aromatic heterocycles. The number of nitrogens with zero attached hydrogens (tertiary/aromatic N) is 3. The Hall–Kier alpha value is -3.31. The van der Waals surface area contributed by atoms with Gasteiger partial charge in [-0.05, 0) is 35.9 Å². The Morgan fingerprint density at radius 3 is 2.65 bits per heavy atom. The fourth-order valence-corrected chi connectivity index (χ4v) is 4.49. The molecule has 31 heavy (non-hydrogen) atoms. The summed E-state index contributed by atoms with van der Waals surface area (Å²) in [5.41, 5.74) is 3.92. The van der Waals surface area contributed by atoms with Gasteiger partial charge in [0.25, 0.3) is 0 Å². The van der Waals surface area contributed by atoms with Crippen LogP contribution in [0.25, 0.3) is 11.0 Å². The summed E-state index contributed by atoms with van der Waals surface area (Å²) in [6, 6.07) is 23.8. The first kappa shape index (κ1) is 19.6. The third-order valence-electron chi connectivity index (χ3n) is 5.79. The number of fused-ring (bicyclic) bond motifs is 1. The van der Waals surface area contributed by atoms with E-state index in [4.69, 9.17) is 21.3 Å².